The van der Waals surface area contributed by atoms with Gasteiger partial charge in [-0.25, -0.2) is 4.39 Å². The van der Waals surface area contributed by atoms with Gasteiger partial charge in [-0.15, -0.1) is 0 Å². The van der Waals surface area contributed by atoms with E-state index in [0.29, 0.717) is 38.0 Å². The summed E-state index contributed by atoms with van der Waals surface area (Å²) in [6.07, 6.45) is 0. The second kappa shape index (κ2) is 8.89. The van der Waals surface area contributed by atoms with Gasteiger partial charge in [-0.05, 0) is 17.7 Å². The quantitative estimate of drug-likeness (QED) is 0.725. The van der Waals surface area contributed by atoms with Crippen molar-refractivity contribution in [3.8, 4) is 0 Å². The molecule has 0 aliphatic heterocycles. The largest absolute Gasteiger partial charge is 0.395 e. The number of nitrogens with one attached hydrogen (secondary N) is 1. The van der Waals surface area contributed by atoms with Gasteiger partial charge >= 0.3 is 0 Å². The van der Waals surface area contributed by atoms with Crippen molar-refractivity contribution in [3.63, 3.8) is 0 Å². The van der Waals surface area contributed by atoms with E-state index < -0.39 is 0 Å². The lowest BCUT2D eigenvalue weighted by Crippen LogP contribution is -2.31. The molecule has 1 rings (SSSR count). The summed E-state index contributed by atoms with van der Waals surface area (Å²) in [6.45, 7) is 6.18. The zero-order chi connectivity index (χ0) is 15.0. The standard InChI is InChI=1S/C15H25FN2O2/c1-12(2)17-11-13-4-5-15(14(16)10-13)18(6-8-19)7-9-20-3/h4-5,10,12,17,19H,6-9,11H2,1-3H3. The molecule has 0 unspecified atom stereocenters. The Hall–Kier alpha value is -1.17. The SMILES string of the molecule is COCCN(CCO)c1ccc(CNC(C)C)cc1F. The summed E-state index contributed by atoms with van der Waals surface area (Å²) in [6, 6.07) is 5.58. The molecule has 0 aromatic heterocycles. The summed E-state index contributed by atoms with van der Waals surface area (Å²) in [5, 5.41) is 12.3. The molecule has 114 valence electrons. The summed E-state index contributed by atoms with van der Waals surface area (Å²) in [5.74, 6) is -0.266. The first-order chi connectivity index (χ1) is 9.58. The van der Waals surface area contributed by atoms with Crippen LogP contribution in [0.15, 0.2) is 18.2 Å². The van der Waals surface area contributed by atoms with Crippen molar-refractivity contribution in [1.29, 1.82) is 0 Å². The molecule has 5 heteroatoms. The minimum atomic E-state index is -0.266. The van der Waals surface area contributed by atoms with Crippen molar-refractivity contribution in [2.24, 2.45) is 0 Å². The number of rotatable bonds is 9. The normalized spacial score (nSPS) is 11.1. The highest BCUT2D eigenvalue weighted by atomic mass is 19.1. The van der Waals surface area contributed by atoms with E-state index in [1.165, 1.54) is 0 Å². The van der Waals surface area contributed by atoms with Gasteiger partial charge in [0.2, 0.25) is 0 Å². The molecule has 0 atom stereocenters. The third-order valence-electron chi connectivity index (χ3n) is 3.00. The molecule has 0 aliphatic carbocycles. The predicted octanol–water partition coefficient (Wildman–Crippen LogP) is 1.77. The summed E-state index contributed by atoms with van der Waals surface area (Å²) in [5.41, 5.74) is 1.42. The van der Waals surface area contributed by atoms with Crippen LogP contribution in [0.25, 0.3) is 0 Å². The van der Waals surface area contributed by atoms with E-state index in [1.807, 2.05) is 6.07 Å². The predicted molar refractivity (Wildman–Crippen MR) is 79.6 cm³/mol. The van der Waals surface area contributed by atoms with Gasteiger partial charge in [0, 0.05) is 32.8 Å². The van der Waals surface area contributed by atoms with Crippen molar-refractivity contribution in [2.45, 2.75) is 26.4 Å². The first kappa shape index (κ1) is 16.9. The fraction of sp³-hybridized carbons (Fsp3) is 0.600. The van der Waals surface area contributed by atoms with Gasteiger partial charge in [-0.2, -0.15) is 0 Å². The Labute approximate surface area is 120 Å². The van der Waals surface area contributed by atoms with Crippen LogP contribution in [0.4, 0.5) is 10.1 Å². The number of anilines is 1. The summed E-state index contributed by atoms with van der Waals surface area (Å²) < 4.78 is 19.2. The van der Waals surface area contributed by atoms with Gasteiger partial charge < -0.3 is 20.1 Å². The summed E-state index contributed by atoms with van der Waals surface area (Å²) in [4.78, 5) is 1.79. The molecule has 1 aromatic rings. The third kappa shape index (κ3) is 5.45. The van der Waals surface area contributed by atoms with Crippen LogP contribution in [0.5, 0.6) is 0 Å². The van der Waals surface area contributed by atoms with Gasteiger partial charge in [-0.3, -0.25) is 0 Å². The Morgan fingerprint density at radius 1 is 1.35 bits per heavy atom. The Morgan fingerprint density at radius 3 is 2.65 bits per heavy atom. The van der Waals surface area contributed by atoms with Gasteiger partial charge in [0.25, 0.3) is 0 Å². The van der Waals surface area contributed by atoms with Crippen LogP contribution in [0.3, 0.4) is 0 Å². The maximum atomic E-state index is 14.2. The molecular weight excluding hydrogens is 259 g/mol. The van der Waals surface area contributed by atoms with E-state index in [1.54, 1.807) is 24.1 Å². The van der Waals surface area contributed by atoms with Crippen LogP contribution in [0, 0.1) is 5.82 Å². The first-order valence-electron chi connectivity index (χ1n) is 6.95. The van der Waals surface area contributed by atoms with E-state index >= 15 is 0 Å². The summed E-state index contributed by atoms with van der Waals surface area (Å²) in [7, 11) is 1.61. The Kier molecular flexibility index (Phi) is 7.51. The molecular formula is C15H25FN2O2. The number of benzene rings is 1. The number of methoxy groups -OCH3 is 1. The second-order valence-corrected chi connectivity index (χ2v) is 5.02. The van der Waals surface area contributed by atoms with Crippen molar-refractivity contribution < 1.29 is 14.2 Å². The molecule has 1 aromatic carbocycles. The second-order valence-electron chi connectivity index (χ2n) is 5.02. The molecule has 0 spiro atoms. The van der Waals surface area contributed by atoms with E-state index in [2.05, 4.69) is 19.2 Å². The van der Waals surface area contributed by atoms with E-state index in [4.69, 9.17) is 9.84 Å². The Balaban J connectivity index is 2.77. The lowest BCUT2D eigenvalue weighted by Gasteiger charge is -2.24. The van der Waals surface area contributed by atoms with Gasteiger partial charge in [0.15, 0.2) is 0 Å². The van der Waals surface area contributed by atoms with Crippen LogP contribution >= 0.6 is 0 Å². The number of hydrogen-bond donors (Lipinski definition) is 2. The number of hydrogen-bond acceptors (Lipinski definition) is 4. The third-order valence-corrected chi connectivity index (χ3v) is 3.00. The molecule has 0 radical (unpaired) electrons. The smallest absolute Gasteiger partial charge is 0.146 e. The summed E-state index contributed by atoms with van der Waals surface area (Å²) >= 11 is 0. The van der Waals surface area contributed by atoms with Gasteiger partial charge in [0.1, 0.15) is 5.82 Å². The zero-order valence-electron chi connectivity index (χ0n) is 12.5. The van der Waals surface area contributed by atoms with Crippen molar-refractivity contribution in [3.05, 3.63) is 29.6 Å². The fourth-order valence-electron chi connectivity index (χ4n) is 1.91. The first-order valence-corrected chi connectivity index (χ1v) is 6.95. The van der Waals surface area contributed by atoms with Gasteiger partial charge in [-0.1, -0.05) is 19.9 Å². The molecule has 0 amide bonds. The minimum absolute atomic E-state index is 0.0141. The van der Waals surface area contributed by atoms with Crippen LogP contribution < -0.4 is 10.2 Å². The Morgan fingerprint density at radius 2 is 2.10 bits per heavy atom. The molecule has 2 N–H and O–H groups in total. The molecule has 0 bridgehead atoms. The van der Waals surface area contributed by atoms with Crippen LogP contribution in [0.1, 0.15) is 19.4 Å². The van der Waals surface area contributed by atoms with E-state index in [9.17, 15) is 4.39 Å². The lowest BCUT2D eigenvalue weighted by molar-refractivity contribution is 0.202. The van der Waals surface area contributed by atoms with E-state index in [0.717, 1.165) is 5.56 Å². The number of aliphatic hydroxyl groups excluding tert-OH is 1. The number of ether oxygens (including phenoxy) is 1. The number of halogens is 1. The molecule has 0 heterocycles. The minimum Gasteiger partial charge on any atom is -0.395 e. The Bertz CT molecular complexity index is 399. The maximum Gasteiger partial charge on any atom is 0.146 e. The molecule has 0 aliphatic rings. The molecule has 4 nitrogen and oxygen atoms in total. The fourth-order valence-corrected chi connectivity index (χ4v) is 1.91. The zero-order valence-corrected chi connectivity index (χ0v) is 12.5. The molecule has 0 saturated carbocycles. The van der Waals surface area contributed by atoms with Crippen LogP contribution in [0.2, 0.25) is 0 Å². The lowest BCUT2D eigenvalue weighted by atomic mass is 10.1. The van der Waals surface area contributed by atoms with Crippen LogP contribution in [-0.2, 0) is 11.3 Å². The molecule has 0 fully saturated rings. The maximum absolute atomic E-state index is 14.2. The van der Waals surface area contributed by atoms with Crippen molar-refractivity contribution in [2.75, 3.05) is 38.3 Å². The van der Waals surface area contributed by atoms with Gasteiger partial charge in [0.05, 0.1) is 18.9 Å². The monoisotopic (exact) mass is 284 g/mol. The molecule has 20 heavy (non-hydrogen) atoms. The molecule has 0 saturated heterocycles. The number of nitrogens with zero attached hydrogens (tertiary/aromatic N) is 1. The van der Waals surface area contributed by atoms with E-state index in [-0.39, 0.29) is 12.4 Å². The average Bonchev–Trinajstić information content (AvgIpc) is 2.41. The number of aliphatic hydroxyl groups is 1. The highest BCUT2D eigenvalue weighted by molar-refractivity contribution is 5.49. The van der Waals surface area contributed by atoms with Crippen molar-refractivity contribution in [1.82, 2.24) is 5.32 Å². The highest BCUT2D eigenvalue weighted by Crippen LogP contribution is 2.20. The van der Waals surface area contributed by atoms with Crippen LogP contribution in [-0.4, -0.2) is 44.6 Å². The topological polar surface area (TPSA) is 44.7 Å². The average molecular weight is 284 g/mol. The van der Waals surface area contributed by atoms with Crippen molar-refractivity contribution >= 4 is 5.69 Å². The highest BCUT2D eigenvalue weighted by Gasteiger charge is 2.11.